The Balaban J connectivity index is 2.41. The van der Waals surface area contributed by atoms with Crippen molar-refractivity contribution in [3.8, 4) is 5.75 Å². The van der Waals surface area contributed by atoms with Gasteiger partial charge in [0.1, 0.15) is 5.75 Å². The molecule has 0 saturated heterocycles. The summed E-state index contributed by atoms with van der Waals surface area (Å²) in [6.45, 7) is 1.98. The first kappa shape index (κ1) is 5.74. The Kier molecular flexibility index (Phi) is 1.32. The van der Waals surface area contributed by atoms with E-state index in [0.29, 0.717) is 6.61 Å². The quantitative estimate of drug-likeness (QED) is 0.539. The first-order chi connectivity index (χ1) is 4.97. The van der Waals surface area contributed by atoms with E-state index in [4.69, 9.17) is 9.47 Å². The summed E-state index contributed by atoms with van der Waals surface area (Å²) in [5.74, 6) is 0.897. The molecule has 1 heterocycles. The fourth-order valence-electron chi connectivity index (χ4n) is 0.948. The van der Waals surface area contributed by atoms with E-state index in [2.05, 4.69) is 0 Å². The predicted octanol–water partition coefficient (Wildman–Crippen LogP) is 1.71. The topological polar surface area (TPSA) is 18.5 Å². The molecule has 0 fully saturated rings. The Labute approximate surface area is 59.4 Å². The molecule has 2 nitrogen and oxygen atoms in total. The fraction of sp³-hybridized carbons (Fsp3) is 0.125. The van der Waals surface area contributed by atoms with E-state index in [1.54, 1.807) is 0 Å². The van der Waals surface area contributed by atoms with Gasteiger partial charge in [-0.15, -0.1) is 0 Å². The molecular weight excluding hydrogens is 128 g/mol. The van der Waals surface area contributed by atoms with E-state index in [1.807, 2.05) is 24.3 Å². The summed E-state index contributed by atoms with van der Waals surface area (Å²) in [4.78, 5) is 0. The molecule has 0 N–H and O–H groups in total. The molecule has 1 aliphatic heterocycles. The molecular formula is C8H7O2. The Morgan fingerprint density at radius 2 is 2.10 bits per heavy atom. The average Bonchev–Trinajstić information content (AvgIpc) is 2.05. The van der Waals surface area contributed by atoms with Crippen LogP contribution >= 0.6 is 0 Å². The zero-order valence-corrected chi connectivity index (χ0v) is 5.41. The van der Waals surface area contributed by atoms with Crippen molar-refractivity contribution in [2.24, 2.45) is 0 Å². The van der Waals surface area contributed by atoms with Crippen LogP contribution in [0.1, 0.15) is 5.56 Å². The number of benzene rings is 1. The summed E-state index contributed by atoms with van der Waals surface area (Å²) in [5.41, 5.74) is 1.10. The van der Waals surface area contributed by atoms with Crippen molar-refractivity contribution in [3.05, 3.63) is 36.6 Å². The van der Waals surface area contributed by atoms with Crippen LogP contribution in [0.3, 0.4) is 0 Å². The lowest BCUT2D eigenvalue weighted by Gasteiger charge is -2.15. The number of hydrogen-bond acceptors (Lipinski definition) is 2. The number of ether oxygens (including phenoxy) is 2. The largest absolute Gasteiger partial charge is 0.458 e. The monoisotopic (exact) mass is 135 g/mol. The Hall–Kier alpha value is -1.02. The summed E-state index contributed by atoms with van der Waals surface area (Å²) in [5, 5.41) is 0. The molecule has 0 spiro atoms. The van der Waals surface area contributed by atoms with Crippen LogP contribution in [-0.4, -0.2) is 0 Å². The lowest BCUT2D eigenvalue weighted by atomic mass is 10.2. The summed E-state index contributed by atoms with van der Waals surface area (Å²) in [7, 11) is 0. The lowest BCUT2D eigenvalue weighted by Crippen LogP contribution is -2.05. The van der Waals surface area contributed by atoms with Crippen molar-refractivity contribution in [3.63, 3.8) is 0 Å². The molecule has 1 aliphatic rings. The van der Waals surface area contributed by atoms with Crippen LogP contribution < -0.4 is 4.74 Å². The van der Waals surface area contributed by atoms with Gasteiger partial charge in [-0.2, -0.15) is 0 Å². The van der Waals surface area contributed by atoms with Gasteiger partial charge in [-0.3, -0.25) is 0 Å². The van der Waals surface area contributed by atoms with Crippen LogP contribution in [-0.2, 0) is 11.3 Å². The Morgan fingerprint density at radius 1 is 1.20 bits per heavy atom. The van der Waals surface area contributed by atoms with Gasteiger partial charge in [-0.05, 0) is 6.07 Å². The second kappa shape index (κ2) is 2.31. The minimum absolute atomic E-state index is 0.621. The van der Waals surface area contributed by atoms with Gasteiger partial charge in [-0.25, -0.2) is 0 Å². The van der Waals surface area contributed by atoms with E-state index in [-0.39, 0.29) is 0 Å². The molecule has 51 valence electrons. The van der Waals surface area contributed by atoms with Gasteiger partial charge in [0, 0.05) is 5.56 Å². The number of fused-ring (bicyclic) bond motifs is 1. The first-order valence-corrected chi connectivity index (χ1v) is 3.15. The van der Waals surface area contributed by atoms with Crippen LogP contribution in [0.25, 0.3) is 0 Å². The SMILES string of the molecule is [CH]1OCc2ccccc2O1. The molecule has 10 heavy (non-hydrogen) atoms. The van der Waals surface area contributed by atoms with Crippen molar-refractivity contribution in [1.29, 1.82) is 0 Å². The van der Waals surface area contributed by atoms with E-state index in [1.165, 1.54) is 6.79 Å². The highest BCUT2D eigenvalue weighted by molar-refractivity contribution is 5.33. The second-order valence-electron chi connectivity index (χ2n) is 2.13. The summed E-state index contributed by atoms with van der Waals surface area (Å²) >= 11 is 0. The van der Waals surface area contributed by atoms with Gasteiger partial charge in [0.05, 0.1) is 6.61 Å². The normalized spacial score (nSPS) is 15.6. The van der Waals surface area contributed by atoms with Gasteiger partial charge in [0.15, 0.2) is 0 Å². The third-order valence-electron chi connectivity index (χ3n) is 1.45. The Bertz CT molecular complexity index is 207. The van der Waals surface area contributed by atoms with Gasteiger partial charge in [0.2, 0.25) is 0 Å². The highest BCUT2D eigenvalue weighted by atomic mass is 16.7. The van der Waals surface area contributed by atoms with Crippen LogP contribution in [0, 0.1) is 6.79 Å². The van der Waals surface area contributed by atoms with Crippen LogP contribution in [0.5, 0.6) is 5.75 Å². The minimum Gasteiger partial charge on any atom is -0.458 e. The summed E-state index contributed by atoms with van der Waals surface area (Å²) in [6, 6.07) is 7.82. The summed E-state index contributed by atoms with van der Waals surface area (Å²) in [6.07, 6.45) is 0. The van der Waals surface area contributed by atoms with E-state index in [9.17, 15) is 0 Å². The summed E-state index contributed by atoms with van der Waals surface area (Å²) < 4.78 is 10.0. The first-order valence-electron chi connectivity index (χ1n) is 3.15. The van der Waals surface area contributed by atoms with E-state index >= 15 is 0 Å². The zero-order valence-electron chi connectivity index (χ0n) is 5.41. The van der Waals surface area contributed by atoms with E-state index in [0.717, 1.165) is 11.3 Å². The Morgan fingerprint density at radius 3 is 3.00 bits per heavy atom. The maximum atomic E-state index is 5.08. The van der Waals surface area contributed by atoms with Gasteiger partial charge >= 0.3 is 0 Å². The van der Waals surface area contributed by atoms with Crippen molar-refractivity contribution >= 4 is 0 Å². The molecule has 0 aromatic heterocycles. The van der Waals surface area contributed by atoms with E-state index < -0.39 is 0 Å². The molecule has 1 aromatic rings. The van der Waals surface area contributed by atoms with Gasteiger partial charge < -0.3 is 9.47 Å². The molecule has 1 radical (unpaired) electrons. The average molecular weight is 135 g/mol. The molecule has 0 bridgehead atoms. The van der Waals surface area contributed by atoms with Crippen molar-refractivity contribution < 1.29 is 9.47 Å². The molecule has 0 aliphatic carbocycles. The van der Waals surface area contributed by atoms with Crippen molar-refractivity contribution in [2.75, 3.05) is 0 Å². The van der Waals surface area contributed by atoms with Gasteiger partial charge in [0.25, 0.3) is 6.79 Å². The molecule has 2 heteroatoms. The fourth-order valence-corrected chi connectivity index (χ4v) is 0.948. The predicted molar refractivity (Wildman–Crippen MR) is 36.2 cm³/mol. The number of rotatable bonds is 0. The highest BCUT2D eigenvalue weighted by Gasteiger charge is 2.08. The van der Waals surface area contributed by atoms with Crippen LogP contribution in [0.15, 0.2) is 24.3 Å². The van der Waals surface area contributed by atoms with Crippen molar-refractivity contribution in [2.45, 2.75) is 6.61 Å². The minimum atomic E-state index is 0.621. The zero-order chi connectivity index (χ0) is 6.81. The molecule has 0 atom stereocenters. The molecule has 0 saturated carbocycles. The molecule has 0 amide bonds. The molecule has 0 unspecified atom stereocenters. The van der Waals surface area contributed by atoms with Crippen LogP contribution in [0.2, 0.25) is 0 Å². The maximum Gasteiger partial charge on any atom is 0.263 e. The number of para-hydroxylation sites is 1. The highest BCUT2D eigenvalue weighted by Crippen LogP contribution is 2.23. The standard InChI is InChI=1S/C8H7O2/c1-2-4-8-7(3-1)5-9-6-10-8/h1-4,6H,5H2. The maximum absolute atomic E-state index is 5.08. The second-order valence-corrected chi connectivity index (χ2v) is 2.13. The molecule has 2 rings (SSSR count). The smallest absolute Gasteiger partial charge is 0.263 e. The number of hydrogen-bond donors (Lipinski definition) is 0. The third-order valence-corrected chi connectivity index (χ3v) is 1.45. The molecule has 1 aromatic carbocycles. The third kappa shape index (κ3) is 0.866. The van der Waals surface area contributed by atoms with Crippen LogP contribution in [0.4, 0.5) is 0 Å². The van der Waals surface area contributed by atoms with Crippen molar-refractivity contribution in [1.82, 2.24) is 0 Å². The lowest BCUT2D eigenvalue weighted by molar-refractivity contribution is 0.0577. The van der Waals surface area contributed by atoms with Gasteiger partial charge in [-0.1, -0.05) is 18.2 Å².